The first-order valence-electron chi connectivity index (χ1n) is 4.12. The Balaban J connectivity index is 2.71. The van der Waals surface area contributed by atoms with Crippen LogP contribution < -0.4 is 5.32 Å². The van der Waals surface area contributed by atoms with Crippen LogP contribution in [0.3, 0.4) is 0 Å². The minimum atomic E-state index is -0.420. The van der Waals surface area contributed by atoms with Crippen molar-refractivity contribution >= 4 is 11.4 Å². The number of hydrogen-bond donors (Lipinski definition) is 1. The molecule has 72 valence electrons. The Kier molecular flexibility index (Phi) is 3.50. The summed E-state index contributed by atoms with van der Waals surface area (Å²) in [7, 11) is 0. The molecule has 0 bridgehead atoms. The predicted molar refractivity (Wildman–Crippen MR) is 55.0 cm³/mol. The number of nitro groups is 1. The van der Waals surface area contributed by atoms with Gasteiger partial charge < -0.3 is 5.32 Å². The standard InChI is InChI=1S/C10H10N2O2/c1-2-3-7-11-9-5-4-6-10(8-9)12(13)14/h4-6,8,11H,7H2,1H3. The van der Waals surface area contributed by atoms with Gasteiger partial charge >= 0.3 is 0 Å². The molecule has 1 N–H and O–H groups in total. The van der Waals surface area contributed by atoms with Gasteiger partial charge in [0, 0.05) is 17.8 Å². The monoisotopic (exact) mass is 190 g/mol. The third-order valence-corrected chi connectivity index (χ3v) is 1.61. The number of hydrogen-bond acceptors (Lipinski definition) is 3. The number of non-ortho nitro benzene ring substituents is 1. The van der Waals surface area contributed by atoms with E-state index >= 15 is 0 Å². The molecule has 0 saturated carbocycles. The lowest BCUT2D eigenvalue weighted by molar-refractivity contribution is -0.384. The van der Waals surface area contributed by atoms with E-state index in [0.717, 1.165) is 0 Å². The van der Waals surface area contributed by atoms with Crippen molar-refractivity contribution in [3.05, 3.63) is 34.4 Å². The number of rotatable bonds is 3. The normalized spacial score (nSPS) is 8.64. The van der Waals surface area contributed by atoms with Crippen molar-refractivity contribution in [3.63, 3.8) is 0 Å². The molecule has 0 aliphatic rings. The van der Waals surface area contributed by atoms with Crippen molar-refractivity contribution in [2.75, 3.05) is 11.9 Å². The quantitative estimate of drug-likeness (QED) is 0.450. The van der Waals surface area contributed by atoms with E-state index < -0.39 is 4.92 Å². The summed E-state index contributed by atoms with van der Waals surface area (Å²) >= 11 is 0. The second-order valence-corrected chi connectivity index (χ2v) is 2.59. The fourth-order valence-electron chi connectivity index (χ4n) is 0.964. The van der Waals surface area contributed by atoms with Gasteiger partial charge in [-0.25, -0.2) is 0 Å². The zero-order valence-corrected chi connectivity index (χ0v) is 7.78. The van der Waals surface area contributed by atoms with Gasteiger partial charge in [-0.1, -0.05) is 12.0 Å². The molecule has 0 aliphatic carbocycles. The highest BCUT2D eigenvalue weighted by Gasteiger charge is 2.04. The predicted octanol–water partition coefficient (Wildman–Crippen LogP) is 2.03. The van der Waals surface area contributed by atoms with E-state index in [9.17, 15) is 10.1 Å². The Hall–Kier alpha value is -2.02. The van der Waals surface area contributed by atoms with E-state index in [1.807, 2.05) is 0 Å². The van der Waals surface area contributed by atoms with Gasteiger partial charge in [0.1, 0.15) is 0 Å². The first kappa shape index (κ1) is 10.1. The Bertz CT molecular complexity index is 391. The molecule has 0 saturated heterocycles. The van der Waals surface area contributed by atoms with E-state index in [-0.39, 0.29) is 5.69 Å². The topological polar surface area (TPSA) is 55.2 Å². The molecule has 0 fully saturated rings. The number of nitrogens with one attached hydrogen (secondary N) is 1. The molecule has 0 unspecified atom stereocenters. The van der Waals surface area contributed by atoms with Gasteiger partial charge in [0.15, 0.2) is 0 Å². The van der Waals surface area contributed by atoms with Crippen LogP contribution in [0.1, 0.15) is 6.92 Å². The van der Waals surface area contributed by atoms with Crippen LogP contribution >= 0.6 is 0 Å². The molecular formula is C10H10N2O2. The molecule has 1 aromatic carbocycles. The molecule has 0 aromatic heterocycles. The Morgan fingerprint density at radius 1 is 1.57 bits per heavy atom. The lowest BCUT2D eigenvalue weighted by Gasteiger charge is -2.00. The van der Waals surface area contributed by atoms with Gasteiger partial charge in [0.05, 0.1) is 11.5 Å². The third kappa shape index (κ3) is 2.79. The van der Waals surface area contributed by atoms with Gasteiger partial charge in [-0.3, -0.25) is 10.1 Å². The summed E-state index contributed by atoms with van der Waals surface area (Å²) in [6.07, 6.45) is 0. The van der Waals surface area contributed by atoms with Gasteiger partial charge in [0.25, 0.3) is 5.69 Å². The Morgan fingerprint density at radius 3 is 3.00 bits per heavy atom. The molecule has 4 nitrogen and oxygen atoms in total. The molecule has 14 heavy (non-hydrogen) atoms. The van der Waals surface area contributed by atoms with Gasteiger partial charge in [0.2, 0.25) is 0 Å². The molecule has 0 aliphatic heterocycles. The molecular weight excluding hydrogens is 180 g/mol. The average Bonchev–Trinajstić information content (AvgIpc) is 2.19. The highest BCUT2D eigenvalue weighted by atomic mass is 16.6. The van der Waals surface area contributed by atoms with Crippen LogP contribution in [0.15, 0.2) is 24.3 Å². The van der Waals surface area contributed by atoms with Crippen molar-refractivity contribution in [1.82, 2.24) is 0 Å². The second-order valence-electron chi connectivity index (χ2n) is 2.59. The third-order valence-electron chi connectivity index (χ3n) is 1.61. The van der Waals surface area contributed by atoms with E-state index in [2.05, 4.69) is 17.2 Å². The summed E-state index contributed by atoms with van der Waals surface area (Å²) in [5.41, 5.74) is 0.793. The molecule has 0 atom stereocenters. The van der Waals surface area contributed by atoms with Crippen molar-refractivity contribution in [2.24, 2.45) is 0 Å². The zero-order valence-electron chi connectivity index (χ0n) is 7.78. The minimum absolute atomic E-state index is 0.0828. The smallest absolute Gasteiger partial charge is 0.271 e. The SMILES string of the molecule is CC#CCNc1cccc([N+](=O)[O-])c1. The number of nitro benzene ring substituents is 1. The fraction of sp³-hybridized carbons (Fsp3) is 0.200. The van der Waals surface area contributed by atoms with E-state index in [1.54, 1.807) is 19.1 Å². The van der Waals surface area contributed by atoms with Crippen molar-refractivity contribution in [2.45, 2.75) is 6.92 Å². The van der Waals surface area contributed by atoms with Gasteiger partial charge in [-0.2, -0.15) is 0 Å². The van der Waals surface area contributed by atoms with E-state index in [4.69, 9.17) is 0 Å². The molecule has 1 rings (SSSR count). The summed E-state index contributed by atoms with van der Waals surface area (Å²) in [4.78, 5) is 10.0. The molecule has 0 spiro atoms. The minimum Gasteiger partial charge on any atom is -0.374 e. The Labute approximate surface area is 82.1 Å². The maximum absolute atomic E-state index is 10.4. The molecule has 0 radical (unpaired) electrons. The van der Waals surface area contributed by atoms with E-state index in [0.29, 0.717) is 12.2 Å². The maximum Gasteiger partial charge on any atom is 0.271 e. The highest BCUT2D eigenvalue weighted by Crippen LogP contribution is 2.16. The van der Waals surface area contributed by atoms with E-state index in [1.165, 1.54) is 12.1 Å². The zero-order chi connectivity index (χ0) is 10.4. The Morgan fingerprint density at radius 2 is 2.36 bits per heavy atom. The summed E-state index contributed by atoms with van der Waals surface area (Å²) < 4.78 is 0. The average molecular weight is 190 g/mol. The largest absolute Gasteiger partial charge is 0.374 e. The lowest BCUT2D eigenvalue weighted by Crippen LogP contribution is -1.99. The number of benzene rings is 1. The summed E-state index contributed by atoms with van der Waals surface area (Å²) in [5, 5.41) is 13.4. The second kappa shape index (κ2) is 4.87. The van der Waals surface area contributed by atoms with Crippen LogP contribution in [0.25, 0.3) is 0 Å². The van der Waals surface area contributed by atoms with Crippen LogP contribution in [0, 0.1) is 22.0 Å². The maximum atomic E-state index is 10.4. The molecule has 1 aromatic rings. The van der Waals surface area contributed by atoms with Crippen molar-refractivity contribution in [1.29, 1.82) is 0 Å². The first-order chi connectivity index (χ1) is 6.74. The van der Waals surface area contributed by atoms with Crippen LogP contribution in [0.2, 0.25) is 0 Å². The summed E-state index contributed by atoms with van der Waals surface area (Å²) in [6.45, 7) is 2.24. The fourth-order valence-corrected chi connectivity index (χ4v) is 0.964. The lowest BCUT2D eigenvalue weighted by atomic mass is 10.3. The van der Waals surface area contributed by atoms with Crippen LogP contribution in [0.4, 0.5) is 11.4 Å². The molecule has 4 heteroatoms. The number of anilines is 1. The molecule has 0 amide bonds. The van der Waals surface area contributed by atoms with Gasteiger partial charge in [-0.15, -0.1) is 5.92 Å². The van der Waals surface area contributed by atoms with Crippen molar-refractivity contribution in [3.8, 4) is 11.8 Å². The van der Waals surface area contributed by atoms with Crippen LogP contribution in [-0.2, 0) is 0 Å². The van der Waals surface area contributed by atoms with Crippen LogP contribution in [0.5, 0.6) is 0 Å². The van der Waals surface area contributed by atoms with Gasteiger partial charge in [-0.05, 0) is 13.0 Å². The van der Waals surface area contributed by atoms with Crippen LogP contribution in [-0.4, -0.2) is 11.5 Å². The first-order valence-corrected chi connectivity index (χ1v) is 4.12. The highest BCUT2D eigenvalue weighted by molar-refractivity contribution is 5.51. The number of nitrogens with zero attached hydrogens (tertiary/aromatic N) is 1. The van der Waals surface area contributed by atoms with Crippen molar-refractivity contribution < 1.29 is 4.92 Å². The molecule has 0 heterocycles. The summed E-state index contributed by atoms with van der Waals surface area (Å²) in [6, 6.07) is 6.35. The summed E-state index contributed by atoms with van der Waals surface area (Å²) in [5.74, 6) is 5.54.